The minimum atomic E-state index is -0.330. The molecule has 0 radical (unpaired) electrons. The maximum Gasteiger partial charge on any atom is 0.334 e. The molecular formula is C25H35N3O2S. The van der Waals surface area contributed by atoms with Crippen LogP contribution in [-0.2, 0) is 9.53 Å². The van der Waals surface area contributed by atoms with Gasteiger partial charge in [-0.3, -0.25) is 0 Å². The molecule has 0 aliphatic heterocycles. The van der Waals surface area contributed by atoms with Gasteiger partial charge in [-0.2, -0.15) is 0 Å². The molecule has 1 heterocycles. The number of esters is 1. The van der Waals surface area contributed by atoms with E-state index in [-0.39, 0.29) is 12.6 Å². The smallest absolute Gasteiger partial charge is 0.334 e. The Morgan fingerprint density at radius 3 is 2.39 bits per heavy atom. The number of carbonyl (C=O) groups is 1. The van der Waals surface area contributed by atoms with Crippen molar-refractivity contribution in [1.29, 1.82) is 0 Å². The number of carbonyl (C=O) groups excluding carboxylic acids is 1. The van der Waals surface area contributed by atoms with Gasteiger partial charge < -0.3 is 10.5 Å². The number of nitrogens with zero attached hydrogens (tertiary/aromatic N) is 2. The van der Waals surface area contributed by atoms with Gasteiger partial charge in [-0.05, 0) is 71.4 Å². The molecule has 31 heavy (non-hydrogen) atoms. The summed E-state index contributed by atoms with van der Waals surface area (Å²) in [7, 11) is 0. The molecule has 5 nitrogen and oxygen atoms in total. The summed E-state index contributed by atoms with van der Waals surface area (Å²) >= 11 is 1.44. The number of aromatic nitrogens is 2. The Bertz CT molecular complexity index is 877. The van der Waals surface area contributed by atoms with Crippen molar-refractivity contribution in [2.75, 3.05) is 6.61 Å². The van der Waals surface area contributed by atoms with E-state index in [0.29, 0.717) is 11.4 Å². The normalized spacial score (nSPS) is 13.5. The van der Waals surface area contributed by atoms with Crippen molar-refractivity contribution in [2.45, 2.75) is 60.8 Å². The summed E-state index contributed by atoms with van der Waals surface area (Å²) in [6.45, 7) is 12.4. The summed E-state index contributed by atoms with van der Waals surface area (Å²) in [4.78, 5) is 21.9. The summed E-state index contributed by atoms with van der Waals surface area (Å²) in [5.74, 6) is 0.228. The predicted molar refractivity (Wildman–Crippen MR) is 132 cm³/mol. The zero-order chi connectivity index (χ0) is 23.2. The molecule has 0 unspecified atom stereocenters. The number of hydrogen-bond acceptors (Lipinski definition) is 6. The molecule has 0 aliphatic rings. The predicted octanol–water partition coefficient (Wildman–Crippen LogP) is 6.33. The lowest BCUT2D eigenvalue weighted by Crippen LogP contribution is -2.06. The molecule has 1 aromatic heterocycles. The molecule has 0 saturated carbocycles. The monoisotopic (exact) mass is 441 g/mol. The number of thioether (sulfide) groups is 1. The van der Waals surface area contributed by atoms with Crippen molar-refractivity contribution < 1.29 is 9.53 Å². The summed E-state index contributed by atoms with van der Waals surface area (Å²) in [5, 5.41) is 1.80. The van der Waals surface area contributed by atoms with E-state index >= 15 is 0 Å². The first kappa shape index (κ1) is 26.4. The third-order valence-electron chi connectivity index (χ3n) is 4.55. The highest BCUT2D eigenvalue weighted by Crippen LogP contribution is 2.34. The average Bonchev–Trinajstić information content (AvgIpc) is 2.76. The van der Waals surface area contributed by atoms with Gasteiger partial charge in [0.25, 0.3) is 0 Å². The Balaban J connectivity index is 2.79. The Morgan fingerprint density at radius 2 is 1.81 bits per heavy atom. The van der Waals surface area contributed by atoms with Crippen LogP contribution in [0.5, 0.6) is 0 Å². The fourth-order valence-electron chi connectivity index (χ4n) is 2.50. The fourth-order valence-corrected chi connectivity index (χ4v) is 3.53. The van der Waals surface area contributed by atoms with Crippen molar-refractivity contribution in [3.63, 3.8) is 0 Å². The van der Waals surface area contributed by atoms with E-state index in [0.717, 1.165) is 35.3 Å². The summed E-state index contributed by atoms with van der Waals surface area (Å²) in [6, 6.07) is 1.76. The third kappa shape index (κ3) is 9.83. The van der Waals surface area contributed by atoms with Gasteiger partial charge in [0.1, 0.15) is 6.61 Å². The molecular weight excluding hydrogens is 406 g/mol. The molecule has 1 rings (SSSR count). The first-order chi connectivity index (χ1) is 14.8. The van der Waals surface area contributed by atoms with Crippen molar-refractivity contribution in [3.8, 4) is 0 Å². The second kappa shape index (κ2) is 14.4. The molecule has 0 aromatic carbocycles. The van der Waals surface area contributed by atoms with E-state index in [2.05, 4.69) is 43.7 Å². The van der Waals surface area contributed by atoms with Crippen LogP contribution in [0.2, 0.25) is 0 Å². The van der Waals surface area contributed by atoms with E-state index in [9.17, 15) is 4.79 Å². The molecule has 0 atom stereocenters. The quantitative estimate of drug-likeness (QED) is 0.187. The van der Waals surface area contributed by atoms with E-state index in [4.69, 9.17) is 10.5 Å². The zero-order valence-electron chi connectivity index (χ0n) is 19.6. The van der Waals surface area contributed by atoms with E-state index < -0.39 is 0 Å². The number of hydrogen-bond donors (Lipinski definition) is 1. The summed E-state index contributed by atoms with van der Waals surface area (Å²) in [5.41, 5.74) is 10.8. The highest BCUT2D eigenvalue weighted by molar-refractivity contribution is 8.06. The lowest BCUT2D eigenvalue weighted by Gasteiger charge is -2.12. The van der Waals surface area contributed by atoms with Crippen LogP contribution in [0.15, 0.2) is 69.4 Å². The van der Waals surface area contributed by atoms with Crippen LogP contribution in [0.1, 0.15) is 66.6 Å². The number of ether oxygens (including phenoxy) is 1. The second-order valence-electron chi connectivity index (χ2n) is 7.50. The van der Waals surface area contributed by atoms with Crippen LogP contribution in [0.25, 0.3) is 5.57 Å². The molecule has 0 spiro atoms. The molecule has 0 amide bonds. The molecule has 0 aliphatic carbocycles. The fraction of sp³-hybridized carbons (Fsp3) is 0.400. The summed E-state index contributed by atoms with van der Waals surface area (Å²) < 4.78 is 5.40. The molecule has 0 bridgehead atoms. The van der Waals surface area contributed by atoms with Gasteiger partial charge in [0, 0.05) is 34.6 Å². The van der Waals surface area contributed by atoms with Gasteiger partial charge in [0.2, 0.25) is 0 Å². The molecule has 2 N–H and O–H groups in total. The maximum atomic E-state index is 12.4. The molecule has 168 valence electrons. The minimum Gasteiger partial charge on any atom is -0.458 e. The molecule has 6 heteroatoms. The van der Waals surface area contributed by atoms with E-state index in [1.807, 2.05) is 13.0 Å². The Hall–Kier alpha value is -2.60. The Morgan fingerprint density at radius 1 is 1.13 bits per heavy atom. The Kier molecular flexibility index (Phi) is 12.3. The van der Waals surface area contributed by atoms with Gasteiger partial charge in [0.05, 0.1) is 0 Å². The number of nitrogens with two attached hydrogens (primary N) is 1. The lowest BCUT2D eigenvalue weighted by molar-refractivity contribution is -0.137. The highest BCUT2D eigenvalue weighted by atomic mass is 32.2. The highest BCUT2D eigenvalue weighted by Gasteiger charge is 2.14. The van der Waals surface area contributed by atoms with E-state index in [1.54, 1.807) is 30.8 Å². The number of rotatable bonds is 11. The average molecular weight is 442 g/mol. The largest absolute Gasteiger partial charge is 0.458 e. The minimum absolute atomic E-state index is 0.276. The van der Waals surface area contributed by atoms with Crippen LogP contribution in [0, 0.1) is 0 Å². The Labute approximate surface area is 191 Å². The second-order valence-corrected chi connectivity index (χ2v) is 8.38. The first-order valence-corrected chi connectivity index (χ1v) is 11.4. The van der Waals surface area contributed by atoms with Crippen molar-refractivity contribution in [2.24, 2.45) is 5.73 Å². The van der Waals surface area contributed by atoms with Crippen molar-refractivity contribution >= 4 is 23.3 Å². The maximum absolute atomic E-state index is 12.4. The van der Waals surface area contributed by atoms with Crippen LogP contribution in [0.3, 0.4) is 0 Å². The molecule has 1 aromatic rings. The van der Waals surface area contributed by atoms with Gasteiger partial charge in [-0.25, -0.2) is 14.8 Å². The zero-order valence-corrected chi connectivity index (χ0v) is 20.4. The first-order valence-electron chi connectivity index (χ1n) is 10.5. The van der Waals surface area contributed by atoms with Crippen molar-refractivity contribution in [1.82, 2.24) is 9.97 Å². The SMILES string of the molecule is CC/C(C)=C(\S/C=C(\C)C(=O)OC/C=C(\C)CCC=C(C)C)C(=CN)c1ncccn1. The van der Waals surface area contributed by atoms with Gasteiger partial charge in [-0.15, -0.1) is 0 Å². The van der Waals surface area contributed by atoms with E-state index in [1.165, 1.54) is 29.1 Å². The van der Waals surface area contributed by atoms with Gasteiger partial charge in [0.15, 0.2) is 5.82 Å². The lowest BCUT2D eigenvalue weighted by atomic mass is 10.1. The standard InChI is InChI=1S/C25H35N3O2S/c1-7-20(5)23(22(16-26)24-27-13-9-14-28-24)31-17-21(6)25(29)30-15-12-19(4)11-8-10-18(2)3/h9-10,12-14,16-17H,7-8,11,15,26H2,1-6H3/b19-12+,21-17+,22-16?,23-20-. The number of allylic oxidation sites excluding steroid dienone is 5. The van der Waals surface area contributed by atoms with Gasteiger partial charge in [-0.1, -0.05) is 41.5 Å². The van der Waals surface area contributed by atoms with Crippen LogP contribution in [0.4, 0.5) is 0 Å². The molecule has 0 fully saturated rings. The van der Waals surface area contributed by atoms with Crippen LogP contribution >= 0.6 is 11.8 Å². The summed E-state index contributed by atoms with van der Waals surface area (Å²) in [6.07, 6.45) is 11.9. The third-order valence-corrected chi connectivity index (χ3v) is 5.82. The van der Waals surface area contributed by atoms with Crippen LogP contribution in [-0.4, -0.2) is 22.5 Å². The topological polar surface area (TPSA) is 78.1 Å². The van der Waals surface area contributed by atoms with Crippen molar-refractivity contribution in [3.05, 3.63) is 75.2 Å². The molecule has 0 saturated heterocycles. The van der Waals surface area contributed by atoms with Crippen LogP contribution < -0.4 is 5.73 Å². The van der Waals surface area contributed by atoms with Gasteiger partial charge >= 0.3 is 5.97 Å².